The molecule has 4 rings (SSSR count). The number of anilines is 1. The van der Waals surface area contributed by atoms with Crippen LogP contribution in [-0.4, -0.2) is 28.5 Å². The van der Waals surface area contributed by atoms with Gasteiger partial charge in [-0.1, -0.05) is 51.8 Å². The summed E-state index contributed by atoms with van der Waals surface area (Å²) in [5.74, 6) is -0.000827. The maximum absolute atomic E-state index is 12.7. The molecule has 0 aliphatic carbocycles. The van der Waals surface area contributed by atoms with Crippen LogP contribution in [0.25, 0.3) is 17.4 Å². The summed E-state index contributed by atoms with van der Waals surface area (Å²) < 4.78 is 6.74. The summed E-state index contributed by atoms with van der Waals surface area (Å²) in [4.78, 5) is 38.3. The van der Waals surface area contributed by atoms with Crippen LogP contribution in [0.3, 0.4) is 0 Å². The molecule has 1 fully saturated rings. The summed E-state index contributed by atoms with van der Waals surface area (Å²) in [6.45, 7) is -0.407. The van der Waals surface area contributed by atoms with Gasteiger partial charge in [-0.15, -0.1) is 0 Å². The van der Waals surface area contributed by atoms with Crippen LogP contribution in [0, 0.1) is 0 Å². The molecule has 0 spiro atoms. The van der Waals surface area contributed by atoms with Crippen molar-refractivity contribution in [2.24, 2.45) is 0 Å². The molecule has 3 amide bonds. The number of rotatable bonds is 5. The first-order valence-electron chi connectivity index (χ1n) is 9.06. The number of hydrogen-bond acceptors (Lipinski definition) is 5. The molecule has 1 aliphatic rings. The van der Waals surface area contributed by atoms with Gasteiger partial charge >= 0.3 is 0 Å². The monoisotopic (exact) mass is 516 g/mol. The van der Waals surface area contributed by atoms with E-state index in [0.29, 0.717) is 22.2 Å². The maximum atomic E-state index is 12.7. The number of para-hydroxylation sites is 1. The summed E-state index contributed by atoms with van der Waals surface area (Å²) in [6.07, 6.45) is 1.50. The molecule has 1 saturated heterocycles. The van der Waals surface area contributed by atoms with Crippen molar-refractivity contribution in [2.45, 2.75) is 0 Å². The minimum atomic E-state index is -0.550. The first-order chi connectivity index (χ1) is 14.9. The maximum Gasteiger partial charge on any atom is 0.294 e. The van der Waals surface area contributed by atoms with Crippen molar-refractivity contribution >= 4 is 68.1 Å². The van der Waals surface area contributed by atoms with Crippen LogP contribution >= 0.6 is 39.3 Å². The third-order valence-electron chi connectivity index (χ3n) is 4.35. The molecule has 0 radical (unpaired) electrons. The Bertz CT molecular complexity index is 1210. The van der Waals surface area contributed by atoms with Crippen LogP contribution in [0.15, 0.2) is 74.5 Å². The van der Waals surface area contributed by atoms with Crippen molar-refractivity contribution in [3.8, 4) is 11.3 Å². The molecular weight excluding hydrogens is 504 g/mol. The molecule has 1 N–H and O–H groups in total. The molecule has 9 heteroatoms. The lowest BCUT2D eigenvalue weighted by atomic mass is 10.2. The van der Waals surface area contributed by atoms with E-state index in [1.165, 1.54) is 6.08 Å². The van der Waals surface area contributed by atoms with Gasteiger partial charge in [0.05, 0.1) is 15.6 Å². The SMILES string of the molecule is O=C(CN1C(=O)S/C(=C\c2ccc(-c3ccc(Br)cc3)o2)C1=O)Nc1ccccc1Cl. The van der Waals surface area contributed by atoms with E-state index in [-0.39, 0.29) is 4.91 Å². The summed E-state index contributed by atoms with van der Waals surface area (Å²) in [5, 5.41) is 2.44. The number of carbonyl (C=O) groups excluding carboxylic acids is 3. The number of halogens is 2. The smallest absolute Gasteiger partial charge is 0.294 e. The Kier molecular flexibility index (Phi) is 6.31. The molecule has 1 aliphatic heterocycles. The molecule has 1 aromatic heterocycles. The van der Waals surface area contributed by atoms with Gasteiger partial charge in [0, 0.05) is 16.1 Å². The van der Waals surface area contributed by atoms with E-state index in [9.17, 15) is 14.4 Å². The third-order valence-corrected chi connectivity index (χ3v) is 6.12. The Morgan fingerprint density at radius 2 is 1.84 bits per heavy atom. The lowest BCUT2D eigenvalue weighted by Gasteiger charge is -2.13. The molecule has 156 valence electrons. The highest BCUT2D eigenvalue weighted by molar-refractivity contribution is 9.10. The van der Waals surface area contributed by atoms with Crippen molar-refractivity contribution < 1.29 is 18.8 Å². The second kappa shape index (κ2) is 9.13. The number of imide groups is 1. The van der Waals surface area contributed by atoms with E-state index in [1.807, 2.05) is 24.3 Å². The Morgan fingerprint density at radius 1 is 1.10 bits per heavy atom. The van der Waals surface area contributed by atoms with E-state index in [1.54, 1.807) is 36.4 Å². The first-order valence-corrected chi connectivity index (χ1v) is 11.0. The van der Waals surface area contributed by atoms with Gasteiger partial charge in [-0.05, 0) is 48.2 Å². The van der Waals surface area contributed by atoms with Gasteiger partial charge in [-0.25, -0.2) is 0 Å². The number of nitrogens with one attached hydrogen (secondary N) is 1. The molecule has 0 bridgehead atoms. The molecule has 2 heterocycles. The van der Waals surface area contributed by atoms with Crippen LogP contribution in [0.2, 0.25) is 5.02 Å². The van der Waals surface area contributed by atoms with Gasteiger partial charge in [0.2, 0.25) is 5.91 Å². The number of furan rings is 1. The van der Waals surface area contributed by atoms with E-state index < -0.39 is 23.6 Å². The van der Waals surface area contributed by atoms with Crippen LogP contribution in [-0.2, 0) is 9.59 Å². The predicted molar refractivity (Wildman–Crippen MR) is 125 cm³/mol. The second-order valence-electron chi connectivity index (χ2n) is 6.50. The topological polar surface area (TPSA) is 79.6 Å². The number of benzene rings is 2. The van der Waals surface area contributed by atoms with Gasteiger partial charge in [0.15, 0.2) is 0 Å². The Labute approximate surface area is 195 Å². The van der Waals surface area contributed by atoms with Crippen LogP contribution in [0.5, 0.6) is 0 Å². The second-order valence-corrected chi connectivity index (χ2v) is 8.82. The summed E-state index contributed by atoms with van der Waals surface area (Å²) in [7, 11) is 0. The zero-order valence-corrected chi connectivity index (χ0v) is 19.0. The van der Waals surface area contributed by atoms with Crippen LogP contribution < -0.4 is 5.32 Å². The van der Waals surface area contributed by atoms with E-state index in [2.05, 4.69) is 21.2 Å². The van der Waals surface area contributed by atoms with Crippen molar-refractivity contribution in [3.05, 3.63) is 80.8 Å². The van der Waals surface area contributed by atoms with Gasteiger partial charge < -0.3 is 9.73 Å². The molecule has 0 saturated carbocycles. The normalized spacial score (nSPS) is 15.0. The molecule has 0 unspecified atom stereocenters. The number of carbonyl (C=O) groups is 3. The minimum absolute atomic E-state index is 0.187. The lowest BCUT2D eigenvalue weighted by Crippen LogP contribution is -2.36. The Balaban J connectivity index is 1.45. The average Bonchev–Trinajstić information content (AvgIpc) is 3.31. The Morgan fingerprint density at radius 3 is 2.58 bits per heavy atom. The van der Waals surface area contributed by atoms with E-state index in [0.717, 1.165) is 26.7 Å². The van der Waals surface area contributed by atoms with E-state index in [4.69, 9.17) is 16.0 Å². The number of nitrogens with zero attached hydrogens (tertiary/aromatic N) is 1. The average molecular weight is 518 g/mol. The third kappa shape index (κ3) is 4.92. The van der Waals surface area contributed by atoms with Crippen molar-refractivity contribution in [1.29, 1.82) is 0 Å². The van der Waals surface area contributed by atoms with Gasteiger partial charge in [0.25, 0.3) is 11.1 Å². The molecule has 3 aromatic rings. The fourth-order valence-electron chi connectivity index (χ4n) is 2.86. The standard InChI is InChI=1S/C22H14BrClN2O4S/c23-14-7-5-13(6-8-14)18-10-9-15(30-18)11-19-21(28)26(22(29)31-19)12-20(27)25-17-4-2-1-3-16(17)24/h1-11H,12H2,(H,25,27)/b19-11-. The van der Waals surface area contributed by atoms with Crippen molar-refractivity contribution in [3.63, 3.8) is 0 Å². The van der Waals surface area contributed by atoms with Gasteiger partial charge in [0.1, 0.15) is 18.1 Å². The highest BCUT2D eigenvalue weighted by atomic mass is 79.9. The summed E-state index contributed by atoms with van der Waals surface area (Å²) >= 11 is 10.2. The summed E-state index contributed by atoms with van der Waals surface area (Å²) in [5.41, 5.74) is 1.29. The van der Waals surface area contributed by atoms with Crippen LogP contribution in [0.1, 0.15) is 5.76 Å². The first kappa shape index (κ1) is 21.4. The fraction of sp³-hybridized carbons (Fsp3) is 0.0455. The molecule has 31 heavy (non-hydrogen) atoms. The van der Waals surface area contributed by atoms with Gasteiger partial charge in [-0.3, -0.25) is 19.3 Å². The Hall–Kier alpha value is -2.81. The molecule has 0 atom stereocenters. The van der Waals surface area contributed by atoms with Crippen molar-refractivity contribution in [2.75, 3.05) is 11.9 Å². The lowest BCUT2D eigenvalue weighted by molar-refractivity contribution is -0.127. The predicted octanol–water partition coefficient (Wildman–Crippen LogP) is 6.04. The number of amides is 3. The number of thioether (sulfide) groups is 1. The summed E-state index contributed by atoms with van der Waals surface area (Å²) in [6, 6.07) is 17.8. The highest BCUT2D eigenvalue weighted by Crippen LogP contribution is 2.33. The largest absolute Gasteiger partial charge is 0.457 e. The highest BCUT2D eigenvalue weighted by Gasteiger charge is 2.36. The van der Waals surface area contributed by atoms with Gasteiger partial charge in [-0.2, -0.15) is 0 Å². The zero-order valence-electron chi connectivity index (χ0n) is 15.8. The molecule has 2 aromatic carbocycles. The van der Waals surface area contributed by atoms with E-state index >= 15 is 0 Å². The minimum Gasteiger partial charge on any atom is -0.457 e. The van der Waals surface area contributed by atoms with Crippen LogP contribution in [0.4, 0.5) is 10.5 Å². The fourth-order valence-corrected chi connectivity index (χ4v) is 4.13. The number of hydrogen-bond donors (Lipinski definition) is 1. The quantitative estimate of drug-likeness (QED) is 0.418. The van der Waals surface area contributed by atoms with Crippen molar-refractivity contribution in [1.82, 2.24) is 4.90 Å². The molecule has 6 nitrogen and oxygen atoms in total. The molecular formula is C22H14BrClN2O4S. The zero-order chi connectivity index (χ0) is 22.0.